The summed E-state index contributed by atoms with van der Waals surface area (Å²) in [4.78, 5) is 38.0. The molecule has 36 heavy (non-hydrogen) atoms. The van der Waals surface area contributed by atoms with Crippen LogP contribution in [0.1, 0.15) is 25.8 Å². The second kappa shape index (κ2) is 9.74. The molecule has 11 heteroatoms. The number of ether oxygens (including phenoxy) is 2. The van der Waals surface area contributed by atoms with Crippen LogP contribution in [0, 0.1) is 0 Å². The molecule has 188 valence electrons. The van der Waals surface area contributed by atoms with Crippen molar-refractivity contribution in [2.45, 2.75) is 32.4 Å². The van der Waals surface area contributed by atoms with Gasteiger partial charge in [0.05, 0.1) is 35.7 Å². The van der Waals surface area contributed by atoms with E-state index >= 15 is 0 Å². The van der Waals surface area contributed by atoms with E-state index < -0.39 is 0 Å². The average Bonchev–Trinajstić information content (AvgIpc) is 2.89. The van der Waals surface area contributed by atoms with E-state index in [4.69, 9.17) is 21.1 Å². The quantitative estimate of drug-likeness (QED) is 0.349. The molecular formula is C25H25BrClN5O4. The van der Waals surface area contributed by atoms with Crippen molar-refractivity contribution in [3.8, 4) is 11.5 Å². The van der Waals surface area contributed by atoms with Gasteiger partial charge in [-0.25, -0.2) is 14.8 Å². The summed E-state index contributed by atoms with van der Waals surface area (Å²) in [6, 6.07) is 6.86. The Kier molecular flexibility index (Phi) is 6.65. The Labute approximate surface area is 220 Å². The molecule has 1 aliphatic rings. The van der Waals surface area contributed by atoms with Crippen molar-refractivity contribution in [1.82, 2.24) is 19.1 Å². The molecule has 0 N–H and O–H groups in total. The monoisotopic (exact) mass is 573 g/mol. The zero-order valence-electron chi connectivity index (χ0n) is 20.1. The third-order valence-electron chi connectivity index (χ3n) is 6.78. The number of nitrogens with zero attached hydrogens (tertiary/aromatic N) is 5. The third kappa shape index (κ3) is 4.02. The minimum Gasteiger partial charge on any atom is -0.493 e. The highest BCUT2D eigenvalue weighted by atomic mass is 79.9. The fraction of sp³-hybridized carbons (Fsp3) is 0.360. The van der Waals surface area contributed by atoms with Gasteiger partial charge in [0, 0.05) is 41.6 Å². The zero-order chi connectivity index (χ0) is 25.6. The lowest BCUT2D eigenvalue weighted by Crippen LogP contribution is -2.46. The van der Waals surface area contributed by atoms with Gasteiger partial charge in [-0.15, -0.1) is 0 Å². The van der Waals surface area contributed by atoms with E-state index in [-0.39, 0.29) is 17.3 Å². The van der Waals surface area contributed by atoms with Crippen LogP contribution in [-0.4, -0.2) is 46.4 Å². The molecule has 0 bridgehead atoms. The first kappa shape index (κ1) is 24.6. The fourth-order valence-electron chi connectivity index (χ4n) is 4.97. The topological polar surface area (TPSA) is 91.5 Å². The number of methoxy groups -OCH3 is 2. The van der Waals surface area contributed by atoms with Gasteiger partial charge < -0.3 is 14.4 Å². The van der Waals surface area contributed by atoms with Gasteiger partial charge in [-0.05, 0) is 53.9 Å². The van der Waals surface area contributed by atoms with Crippen LogP contribution in [0.2, 0.25) is 5.02 Å². The molecule has 0 atom stereocenters. The van der Waals surface area contributed by atoms with E-state index in [0.717, 1.165) is 16.7 Å². The molecule has 2 aromatic heterocycles. The maximum atomic E-state index is 13.5. The largest absolute Gasteiger partial charge is 0.493 e. The second-order valence-electron chi connectivity index (χ2n) is 8.63. The Morgan fingerprint density at radius 1 is 1.03 bits per heavy atom. The number of hydrogen-bond acceptors (Lipinski definition) is 7. The number of aryl methyl sites for hydroxylation is 1. The van der Waals surface area contributed by atoms with Crippen LogP contribution in [-0.2, 0) is 6.54 Å². The molecule has 0 unspecified atom stereocenters. The summed E-state index contributed by atoms with van der Waals surface area (Å²) in [6.45, 7) is 3.58. The van der Waals surface area contributed by atoms with Crippen LogP contribution in [0.5, 0.6) is 11.5 Å². The Morgan fingerprint density at radius 2 is 1.72 bits per heavy atom. The minimum absolute atomic E-state index is 0.222. The SMILES string of the molecule is CCn1c(=O)n(C2CCN(c3ncnc4cc(OC)c(OC)cc34)CC2)c(=O)c2cc(Br)c(Cl)cc21. The molecule has 0 spiro atoms. The normalized spacial score (nSPS) is 14.5. The summed E-state index contributed by atoms with van der Waals surface area (Å²) in [5.74, 6) is 1.99. The minimum atomic E-state index is -0.309. The Bertz CT molecular complexity index is 1590. The van der Waals surface area contributed by atoms with Crippen LogP contribution >= 0.6 is 27.5 Å². The van der Waals surface area contributed by atoms with E-state index in [1.165, 1.54) is 10.9 Å². The lowest BCUT2D eigenvalue weighted by molar-refractivity contribution is 0.355. The lowest BCUT2D eigenvalue weighted by atomic mass is 10.0. The van der Waals surface area contributed by atoms with Crippen molar-refractivity contribution in [3.63, 3.8) is 0 Å². The number of halogens is 2. The number of rotatable bonds is 5. The van der Waals surface area contributed by atoms with E-state index in [1.54, 1.807) is 30.9 Å². The van der Waals surface area contributed by atoms with Crippen molar-refractivity contribution in [2.24, 2.45) is 0 Å². The summed E-state index contributed by atoms with van der Waals surface area (Å²) >= 11 is 9.67. The van der Waals surface area contributed by atoms with Gasteiger partial charge in [-0.2, -0.15) is 0 Å². The Balaban J connectivity index is 1.50. The molecule has 0 aliphatic carbocycles. The molecule has 1 fully saturated rings. The van der Waals surface area contributed by atoms with Gasteiger partial charge in [0.1, 0.15) is 12.1 Å². The predicted molar refractivity (Wildman–Crippen MR) is 144 cm³/mol. The average molecular weight is 575 g/mol. The molecule has 2 aromatic carbocycles. The van der Waals surface area contributed by atoms with Gasteiger partial charge in [0.15, 0.2) is 11.5 Å². The molecule has 1 saturated heterocycles. The third-order valence-corrected chi connectivity index (χ3v) is 7.98. The second-order valence-corrected chi connectivity index (χ2v) is 9.89. The molecule has 0 radical (unpaired) electrons. The predicted octanol–water partition coefficient (Wildman–Crippen LogP) is 4.40. The first-order valence-electron chi connectivity index (χ1n) is 11.6. The van der Waals surface area contributed by atoms with Crippen LogP contribution in [0.25, 0.3) is 21.8 Å². The van der Waals surface area contributed by atoms with Gasteiger partial charge in [0.2, 0.25) is 0 Å². The number of benzene rings is 2. The van der Waals surface area contributed by atoms with E-state index in [9.17, 15) is 9.59 Å². The van der Waals surface area contributed by atoms with Crippen molar-refractivity contribution in [3.05, 3.63) is 60.9 Å². The van der Waals surface area contributed by atoms with E-state index in [2.05, 4.69) is 30.8 Å². The molecular weight excluding hydrogens is 550 g/mol. The summed E-state index contributed by atoms with van der Waals surface area (Å²) in [5.41, 5.74) is 0.697. The first-order chi connectivity index (χ1) is 17.4. The van der Waals surface area contributed by atoms with Crippen LogP contribution in [0.4, 0.5) is 5.82 Å². The maximum absolute atomic E-state index is 13.5. The summed E-state index contributed by atoms with van der Waals surface area (Å²) in [5, 5.41) is 1.78. The van der Waals surface area contributed by atoms with Gasteiger partial charge in [-0.1, -0.05) is 11.6 Å². The van der Waals surface area contributed by atoms with Crippen LogP contribution in [0.15, 0.2) is 44.7 Å². The maximum Gasteiger partial charge on any atom is 0.331 e. The number of anilines is 1. The van der Waals surface area contributed by atoms with E-state index in [1.807, 2.05) is 19.1 Å². The van der Waals surface area contributed by atoms with Gasteiger partial charge in [-0.3, -0.25) is 13.9 Å². The van der Waals surface area contributed by atoms with Crippen LogP contribution < -0.4 is 25.6 Å². The first-order valence-corrected chi connectivity index (χ1v) is 12.8. The molecule has 1 aliphatic heterocycles. The molecule has 0 amide bonds. The molecule has 3 heterocycles. The standard InChI is InChI=1S/C25H25BrClN5O4/c1-4-31-20-11-18(27)17(26)9-16(20)24(33)32(25(31)34)14-5-7-30(8-6-14)23-15-10-21(35-2)22(36-3)12-19(15)28-13-29-23/h9-14H,4-8H2,1-3H3. The number of aromatic nitrogens is 4. The summed E-state index contributed by atoms with van der Waals surface area (Å²) in [6.07, 6.45) is 2.78. The lowest BCUT2D eigenvalue weighted by Gasteiger charge is -2.34. The van der Waals surface area contributed by atoms with Gasteiger partial charge in [0.25, 0.3) is 5.56 Å². The molecule has 4 aromatic rings. The highest BCUT2D eigenvalue weighted by molar-refractivity contribution is 9.10. The highest BCUT2D eigenvalue weighted by Crippen LogP contribution is 2.36. The number of piperidine rings is 1. The smallest absolute Gasteiger partial charge is 0.331 e. The fourth-order valence-corrected chi connectivity index (χ4v) is 5.47. The van der Waals surface area contributed by atoms with E-state index in [0.29, 0.717) is 64.4 Å². The van der Waals surface area contributed by atoms with Crippen LogP contribution in [0.3, 0.4) is 0 Å². The number of fused-ring (bicyclic) bond motifs is 2. The van der Waals surface area contributed by atoms with Crippen molar-refractivity contribution in [1.29, 1.82) is 0 Å². The van der Waals surface area contributed by atoms with Gasteiger partial charge >= 0.3 is 5.69 Å². The molecule has 5 rings (SSSR count). The summed E-state index contributed by atoms with van der Waals surface area (Å²) < 4.78 is 14.5. The summed E-state index contributed by atoms with van der Waals surface area (Å²) in [7, 11) is 3.18. The van der Waals surface area contributed by atoms with Crippen molar-refractivity contribution < 1.29 is 9.47 Å². The highest BCUT2D eigenvalue weighted by Gasteiger charge is 2.27. The molecule has 0 saturated carbocycles. The van der Waals surface area contributed by atoms with Crippen molar-refractivity contribution in [2.75, 3.05) is 32.2 Å². The molecule has 9 nitrogen and oxygen atoms in total. The number of hydrogen-bond donors (Lipinski definition) is 0. The zero-order valence-corrected chi connectivity index (χ0v) is 22.5. The Morgan fingerprint density at radius 3 is 2.39 bits per heavy atom. The van der Waals surface area contributed by atoms with Crippen molar-refractivity contribution >= 4 is 55.2 Å². The Hall–Kier alpha value is -3.11.